The summed E-state index contributed by atoms with van der Waals surface area (Å²) in [4.78, 5) is 25.1. The topological polar surface area (TPSA) is 55.4 Å². The maximum atomic E-state index is 11.6. The number of ether oxygens (including phenoxy) is 1. The average molecular weight is 329 g/mol. The smallest absolute Gasteiger partial charge is 0.331 e. The van der Waals surface area contributed by atoms with Crippen molar-refractivity contribution >= 4 is 29.3 Å². The Labute approximate surface area is 139 Å². The molecule has 0 aliphatic carbocycles. The molecule has 0 aliphatic heterocycles. The van der Waals surface area contributed by atoms with Gasteiger partial charge in [-0.3, -0.25) is 4.79 Å². The zero-order valence-corrected chi connectivity index (χ0v) is 13.9. The Hall–Kier alpha value is -2.40. The first-order chi connectivity index (χ1) is 11.0. The molecule has 0 unspecified atom stereocenters. The third-order valence-electron chi connectivity index (χ3n) is 2.86. The van der Waals surface area contributed by atoms with Gasteiger partial charge in [-0.25, -0.2) is 4.79 Å². The van der Waals surface area contributed by atoms with Gasteiger partial charge >= 0.3 is 5.97 Å². The van der Waals surface area contributed by atoms with Gasteiger partial charge in [-0.15, -0.1) is 11.3 Å². The van der Waals surface area contributed by atoms with Crippen LogP contribution < -0.4 is 5.32 Å². The minimum atomic E-state index is -0.529. The van der Waals surface area contributed by atoms with Gasteiger partial charge in [0.25, 0.3) is 5.91 Å². The molecular formula is C18H19NO3S. The van der Waals surface area contributed by atoms with E-state index in [1.54, 1.807) is 17.4 Å². The molecule has 0 saturated carbocycles. The molecule has 1 heterocycles. The molecule has 0 spiro atoms. The molecule has 2 rings (SSSR count). The van der Waals surface area contributed by atoms with E-state index in [2.05, 4.69) is 5.32 Å². The average Bonchev–Trinajstić information content (AvgIpc) is 3.00. The summed E-state index contributed by atoms with van der Waals surface area (Å²) in [5, 5.41) is 2.66. The first-order valence-corrected chi connectivity index (χ1v) is 8.15. The van der Waals surface area contributed by atoms with E-state index in [-0.39, 0.29) is 18.6 Å². The number of nitrogens with one attached hydrogen (secondary N) is 1. The van der Waals surface area contributed by atoms with Gasteiger partial charge in [-0.2, -0.15) is 0 Å². The molecule has 1 amide bonds. The van der Waals surface area contributed by atoms with Crippen LogP contribution in [0.2, 0.25) is 0 Å². The van der Waals surface area contributed by atoms with Gasteiger partial charge in [0.2, 0.25) is 0 Å². The third kappa shape index (κ3) is 5.71. The number of hydrogen-bond acceptors (Lipinski definition) is 4. The Kier molecular flexibility index (Phi) is 6.11. The van der Waals surface area contributed by atoms with Crippen LogP contribution >= 0.6 is 11.3 Å². The van der Waals surface area contributed by atoms with Crippen LogP contribution in [0.4, 0.5) is 0 Å². The number of rotatable bonds is 6. The van der Waals surface area contributed by atoms with Crippen LogP contribution in [0.15, 0.2) is 48.5 Å². The summed E-state index contributed by atoms with van der Waals surface area (Å²) >= 11 is 1.59. The summed E-state index contributed by atoms with van der Waals surface area (Å²) in [5.41, 5.74) is 1.14. The Morgan fingerprint density at radius 1 is 1.17 bits per heavy atom. The van der Waals surface area contributed by atoms with E-state index in [0.29, 0.717) is 0 Å². The second-order valence-corrected chi connectivity index (χ2v) is 6.35. The first kappa shape index (κ1) is 17.0. The van der Waals surface area contributed by atoms with Gasteiger partial charge in [0.1, 0.15) is 0 Å². The molecule has 2 aromatic rings. The van der Waals surface area contributed by atoms with Crippen molar-refractivity contribution in [2.24, 2.45) is 0 Å². The molecule has 0 aliphatic rings. The van der Waals surface area contributed by atoms with Gasteiger partial charge in [-0.1, -0.05) is 30.3 Å². The lowest BCUT2D eigenvalue weighted by atomic mass is 10.2. The fourth-order valence-corrected chi connectivity index (χ4v) is 2.81. The van der Waals surface area contributed by atoms with Crippen LogP contribution in [0, 0.1) is 0 Å². The molecule has 1 aromatic heterocycles. The lowest BCUT2D eigenvalue weighted by Gasteiger charge is -2.07. The number of thiophene rings is 1. The lowest BCUT2D eigenvalue weighted by Crippen LogP contribution is -2.33. The predicted molar refractivity (Wildman–Crippen MR) is 93.0 cm³/mol. The van der Waals surface area contributed by atoms with Gasteiger partial charge in [-0.05, 0) is 37.6 Å². The Morgan fingerprint density at radius 3 is 2.61 bits per heavy atom. The molecule has 23 heavy (non-hydrogen) atoms. The molecule has 120 valence electrons. The lowest BCUT2D eigenvalue weighted by molar-refractivity contribution is -0.143. The van der Waals surface area contributed by atoms with E-state index in [1.165, 1.54) is 6.08 Å². The van der Waals surface area contributed by atoms with Crippen LogP contribution in [0.3, 0.4) is 0 Å². The Balaban J connectivity index is 1.87. The Morgan fingerprint density at radius 2 is 1.91 bits per heavy atom. The summed E-state index contributed by atoms with van der Waals surface area (Å²) in [7, 11) is 0. The van der Waals surface area contributed by atoms with E-state index in [4.69, 9.17) is 4.74 Å². The molecule has 1 N–H and O–H groups in total. The number of carbonyl (C=O) groups excluding carboxylic acids is 2. The second-order valence-electron chi connectivity index (χ2n) is 5.23. The summed E-state index contributed by atoms with van der Waals surface area (Å²) < 4.78 is 4.88. The molecule has 0 bridgehead atoms. The standard InChI is InChI=1S/C18H19NO3S/c1-13(2)19-17(20)12-22-18(21)11-9-15-8-10-16(23-15)14-6-4-3-5-7-14/h3-11,13H,12H2,1-2H3,(H,19,20)/b11-9+. The van der Waals surface area contributed by atoms with Crippen LogP contribution in [-0.4, -0.2) is 24.5 Å². The molecular weight excluding hydrogens is 310 g/mol. The molecule has 0 saturated heterocycles. The van der Waals surface area contributed by atoms with Crippen molar-refractivity contribution in [1.29, 1.82) is 0 Å². The second kappa shape index (κ2) is 8.29. The molecule has 0 atom stereocenters. The monoisotopic (exact) mass is 329 g/mol. The fraction of sp³-hybridized carbons (Fsp3) is 0.222. The Bertz CT molecular complexity index is 689. The van der Waals surface area contributed by atoms with Crippen molar-refractivity contribution in [2.75, 3.05) is 6.61 Å². The van der Waals surface area contributed by atoms with E-state index in [9.17, 15) is 9.59 Å². The molecule has 0 radical (unpaired) electrons. The van der Waals surface area contributed by atoms with Crippen LogP contribution in [-0.2, 0) is 14.3 Å². The van der Waals surface area contributed by atoms with Crippen molar-refractivity contribution in [3.05, 3.63) is 53.4 Å². The van der Waals surface area contributed by atoms with Crippen molar-refractivity contribution in [3.8, 4) is 10.4 Å². The zero-order chi connectivity index (χ0) is 16.7. The highest BCUT2D eigenvalue weighted by Crippen LogP contribution is 2.28. The highest BCUT2D eigenvalue weighted by molar-refractivity contribution is 7.16. The van der Waals surface area contributed by atoms with Gasteiger partial charge in [0, 0.05) is 21.9 Å². The molecule has 1 aromatic carbocycles. The van der Waals surface area contributed by atoms with E-state index < -0.39 is 5.97 Å². The van der Waals surface area contributed by atoms with Gasteiger partial charge in [0.05, 0.1) is 0 Å². The summed E-state index contributed by atoms with van der Waals surface area (Å²) in [6.45, 7) is 3.43. The fourth-order valence-electron chi connectivity index (χ4n) is 1.90. The van der Waals surface area contributed by atoms with Crippen molar-refractivity contribution in [3.63, 3.8) is 0 Å². The van der Waals surface area contributed by atoms with E-state index >= 15 is 0 Å². The van der Waals surface area contributed by atoms with Crippen molar-refractivity contribution < 1.29 is 14.3 Å². The summed E-state index contributed by atoms with van der Waals surface area (Å²) in [5.74, 6) is -0.831. The molecule has 0 fully saturated rings. The molecule has 5 heteroatoms. The summed E-state index contributed by atoms with van der Waals surface area (Å²) in [6, 6.07) is 14.0. The van der Waals surface area contributed by atoms with E-state index in [0.717, 1.165) is 15.3 Å². The predicted octanol–water partition coefficient (Wildman–Crippen LogP) is 3.50. The largest absolute Gasteiger partial charge is 0.452 e. The maximum Gasteiger partial charge on any atom is 0.331 e. The zero-order valence-electron chi connectivity index (χ0n) is 13.1. The van der Waals surface area contributed by atoms with Crippen LogP contribution in [0.1, 0.15) is 18.7 Å². The maximum absolute atomic E-state index is 11.6. The number of benzene rings is 1. The highest BCUT2D eigenvalue weighted by Gasteiger charge is 2.06. The molecule has 4 nitrogen and oxygen atoms in total. The van der Waals surface area contributed by atoms with Gasteiger partial charge in [0.15, 0.2) is 6.61 Å². The van der Waals surface area contributed by atoms with Crippen LogP contribution in [0.25, 0.3) is 16.5 Å². The van der Waals surface area contributed by atoms with Crippen LogP contribution in [0.5, 0.6) is 0 Å². The summed E-state index contributed by atoms with van der Waals surface area (Å²) in [6.07, 6.45) is 3.03. The number of hydrogen-bond donors (Lipinski definition) is 1. The third-order valence-corrected chi connectivity index (χ3v) is 3.96. The SMILES string of the molecule is CC(C)NC(=O)COC(=O)/C=C/c1ccc(-c2ccccc2)s1. The minimum Gasteiger partial charge on any atom is -0.452 e. The normalized spacial score (nSPS) is 10.9. The number of amides is 1. The first-order valence-electron chi connectivity index (χ1n) is 7.34. The number of carbonyl (C=O) groups is 2. The highest BCUT2D eigenvalue weighted by atomic mass is 32.1. The van der Waals surface area contributed by atoms with E-state index in [1.807, 2.05) is 56.3 Å². The van der Waals surface area contributed by atoms with Gasteiger partial charge < -0.3 is 10.1 Å². The quantitative estimate of drug-likeness (QED) is 0.652. The minimum absolute atomic E-state index is 0.0271. The van der Waals surface area contributed by atoms with Crippen molar-refractivity contribution in [2.45, 2.75) is 19.9 Å². The number of esters is 1. The van der Waals surface area contributed by atoms with Crippen molar-refractivity contribution in [1.82, 2.24) is 5.32 Å².